The Balaban J connectivity index is 1.57. The molecule has 2 unspecified atom stereocenters. The van der Waals surface area contributed by atoms with Crippen LogP contribution in [0, 0.1) is 6.92 Å². The van der Waals surface area contributed by atoms with Crippen LogP contribution >= 0.6 is 0 Å². The second kappa shape index (κ2) is 7.11. The van der Waals surface area contributed by atoms with Crippen LogP contribution in [0.1, 0.15) is 51.1 Å². The molecule has 2 aromatic carbocycles. The monoisotopic (exact) mass is 377 g/mol. The lowest BCUT2D eigenvalue weighted by Gasteiger charge is -2.22. The van der Waals surface area contributed by atoms with Gasteiger partial charge < -0.3 is 15.5 Å². The zero-order valence-electron chi connectivity index (χ0n) is 16.0. The highest BCUT2D eigenvalue weighted by atomic mass is 16.2. The SMILES string of the molecule is Cc1ccc(C2CC(C)N(C(=O)c3ccc4c(c3)NC(=O)CNC4=O)C2)cc1. The molecule has 0 aromatic heterocycles. The summed E-state index contributed by atoms with van der Waals surface area (Å²) in [6.45, 7) is 4.71. The van der Waals surface area contributed by atoms with Gasteiger partial charge in [-0.2, -0.15) is 0 Å². The van der Waals surface area contributed by atoms with Gasteiger partial charge in [0.15, 0.2) is 0 Å². The molecule has 0 bridgehead atoms. The molecule has 3 amide bonds. The van der Waals surface area contributed by atoms with E-state index in [0.717, 1.165) is 6.42 Å². The van der Waals surface area contributed by atoms with Gasteiger partial charge in [0.25, 0.3) is 11.8 Å². The largest absolute Gasteiger partial charge is 0.343 e. The fourth-order valence-electron chi connectivity index (χ4n) is 3.99. The van der Waals surface area contributed by atoms with Crippen molar-refractivity contribution in [1.82, 2.24) is 10.2 Å². The summed E-state index contributed by atoms with van der Waals surface area (Å²) in [5.41, 5.74) is 3.70. The van der Waals surface area contributed by atoms with Crippen LogP contribution in [-0.2, 0) is 4.79 Å². The van der Waals surface area contributed by atoms with E-state index in [4.69, 9.17) is 0 Å². The molecule has 144 valence electrons. The first-order valence-electron chi connectivity index (χ1n) is 9.52. The summed E-state index contributed by atoms with van der Waals surface area (Å²) in [5.74, 6) is -0.387. The minimum absolute atomic E-state index is 0.0712. The van der Waals surface area contributed by atoms with Gasteiger partial charge in [0, 0.05) is 24.1 Å². The molecule has 0 radical (unpaired) electrons. The van der Waals surface area contributed by atoms with Crippen LogP contribution in [0.25, 0.3) is 0 Å². The predicted octanol–water partition coefficient (Wildman–Crippen LogP) is 2.70. The van der Waals surface area contributed by atoms with Crippen molar-refractivity contribution < 1.29 is 14.4 Å². The van der Waals surface area contributed by atoms with Crippen LogP contribution in [0.15, 0.2) is 42.5 Å². The fourth-order valence-corrected chi connectivity index (χ4v) is 3.99. The van der Waals surface area contributed by atoms with E-state index >= 15 is 0 Å². The molecule has 1 fully saturated rings. The molecule has 2 aromatic rings. The summed E-state index contributed by atoms with van der Waals surface area (Å²) in [6, 6.07) is 13.5. The summed E-state index contributed by atoms with van der Waals surface area (Å²) in [4.78, 5) is 38.9. The third kappa shape index (κ3) is 3.38. The maximum absolute atomic E-state index is 13.1. The zero-order valence-corrected chi connectivity index (χ0v) is 16.0. The highest BCUT2D eigenvalue weighted by molar-refractivity contribution is 6.10. The summed E-state index contributed by atoms with van der Waals surface area (Å²) < 4.78 is 0. The molecule has 2 atom stereocenters. The standard InChI is InChI=1S/C22H23N3O3/c1-13-3-5-15(6-4-13)17-9-14(2)25(12-17)22(28)16-7-8-18-19(10-16)24-20(26)11-23-21(18)27/h3-8,10,14,17H,9,11-12H2,1-2H3,(H,23,27)(H,24,26). The number of hydrogen-bond donors (Lipinski definition) is 2. The van der Waals surface area contributed by atoms with E-state index in [2.05, 4.69) is 48.7 Å². The number of nitrogens with zero attached hydrogens (tertiary/aromatic N) is 1. The smallest absolute Gasteiger partial charge is 0.254 e. The Kier molecular flexibility index (Phi) is 4.63. The number of likely N-dealkylation sites (tertiary alicyclic amines) is 1. The minimum atomic E-state index is -0.318. The highest BCUT2D eigenvalue weighted by Gasteiger charge is 2.34. The Morgan fingerprint density at radius 2 is 1.86 bits per heavy atom. The van der Waals surface area contributed by atoms with Gasteiger partial charge in [-0.3, -0.25) is 14.4 Å². The number of fused-ring (bicyclic) bond motifs is 1. The first-order valence-corrected chi connectivity index (χ1v) is 9.52. The van der Waals surface area contributed by atoms with Crippen LogP contribution in [0.4, 0.5) is 5.69 Å². The normalized spacial score (nSPS) is 21.6. The van der Waals surface area contributed by atoms with Crippen molar-refractivity contribution in [3.63, 3.8) is 0 Å². The number of aryl methyl sites for hydroxylation is 1. The van der Waals surface area contributed by atoms with Crippen molar-refractivity contribution >= 4 is 23.4 Å². The molecular weight excluding hydrogens is 354 g/mol. The third-order valence-electron chi connectivity index (χ3n) is 5.58. The Morgan fingerprint density at radius 1 is 1.11 bits per heavy atom. The molecule has 2 aliphatic rings. The molecule has 1 saturated heterocycles. The van der Waals surface area contributed by atoms with Crippen molar-refractivity contribution in [3.05, 3.63) is 64.7 Å². The number of carbonyl (C=O) groups excluding carboxylic acids is 3. The lowest BCUT2D eigenvalue weighted by Crippen LogP contribution is -2.34. The maximum atomic E-state index is 13.1. The molecule has 0 saturated carbocycles. The first kappa shape index (κ1) is 18.2. The van der Waals surface area contributed by atoms with Gasteiger partial charge in [-0.05, 0) is 44.0 Å². The molecule has 4 rings (SSSR count). The van der Waals surface area contributed by atoms with E-state index in [0.29, 0.717) is 29.3 Å². The number of hydrogen-bond acceptors (Lipinski definition) is 3. The van der Waals surface area contributed by atoms with E-state index in [-0.39, 0.29) is 30.3 Å². The number of nitrogens with one attached hydrogen (secondary N) is 2. The minimum Gasteiger partial charge on any atom is -0.343 e. The Labute approximate surface area is 163 Å². The average molecular weight is 377 g/mol. The fraction of sp³-hybridized carbons (Fsp3) is 0.318. The van der Waals surface area contributed by atoms with Crippen LogP contribution in [0.3, 0.4) is 0 Å². The molecule has 6 heteroatoms. The molecular formula is C22H23N3O3. The molecule has 2 heterocycles. The van der Waals surface area contributed by atoms with E-state index in [9.17, 15) is 14.4 Å². The van der Waals surface area contributed by atoms with Crippen molar-refractivity contribution in [2.45, 2.75) is 32.2 Å². The molecule has 28 heavy (non-hydrogen) atoms. The molecule has 2 aliphatic heterocycles. The van der Waals surface area contributed by atoms with Crippen molar-refractivity contribution in [2.75, 3.05) is 18.4 Å². The van der Waals surface area contributed by atoms with E-state index in [1.165, 1.54) is 11.1 Å². The van der Waals surface area contributed by atoms with Gasteiger partial charge in [-0.15, -0.1) is 0 Å². The van der Waals surface area contributed by atoms with Gasteiger partial charge in [0.1, 0.15) is 0 Å². The van der Waals surface area contributed by atoms with Crippen molar-refractivity contribution in [3.8, 4) is 0 Å². The van der Waals surface area contributed by atoms with Gasteiger partial charge in [-0.1, -0.05) is 29.8 Å². The second-order valence-electron chi connectivity index (χ2n) is 7.64. The Morgan fingerprint density at radius 3 is 2.61 bits per heavy atom. The number of amides is 3. The third-order valence-corrected chi connectivity index (χ3v) is 5.58. The maximum Gasteiger partial charge on any atom is 0.254 e. The molecule has 0 spiro atoms. The zero-order chi connectivity index (χ0) is 19.8. The highest BCUT2D eigenvalue weighted by Crippen LogP contribution is 2.33. The number of benzene rings is 2. The summed E-state index contributed by atoms with van der Waals surface area (Å²) in [5, 5.41) is 5.24. The number of anilines is 1. The van der Waals surface area contributed by atoms with Crippen molar-refractivity contribution in [1.29, 1.82) is 0 Å². The lowest BCUT2D eigenvalue weighted by molar-refractivity contribution is -0.115. The van der Waals surface area contributed by atoms with Crippen LogP contribution in [0.2, 0.25) is 0 Å². The van der Waals surface area contributed by atoms with Crippen molar-refractivity contribution in [2.24, 2.45) is 0 Å². The molecule has 6 nitrogen and oxygen atoms in total. The lowest BCUT2D eigenvalue weighted by atomic mass is 9.96. The first-order chi connectivity index (χ1) is 13.4. The van der Waals surface area contributed by atoms with Crippen LogP contribution in [-0.4, -0.2) is 41.8 Å². The quantitative estimate of drug-likeness (QED) is 0.845. The number of rotatable bonds is 2. The van der Waals surface area contributed by atoms with Gasteiger partial charge >= 0.3 is 0 Å². The molecule has 0 aliphatic carbocycles. The van der Waals surface area contributed by atoms with Gasteiger partial charge in [0.2, 0.25) is 5.91 Å². The van der Waals surface area contributed by atoms with E-state index in [1.807, 2.05) is 4.90 Å². The second-order valence-corrected chi connectivity index (χ2v) is 7.64. The van der Waals surface area contributed by atoms with E-state index < -0.39 is 0 Å². The van der Waals surface area contributed by atoms with Crippen LogP contribution < -0.4 is 10.6 Å². The van der Waals surface area contributed by atoms with Gasteiger partial charge in [0.05, 0.1) is 17.8 Å². The topological polar surface area (TPSA) is 78.5 Å². The summed E-state index contributed by atoms with van der Waals surface area (Å²) in [6.07, 6.45) is 0.916. The summed E-state index contributed by atoms with van der Waals surface area (Å²) >= 11 is 0. The Hall–Kier alpha value is -3.15. The van der Waals surface area contributed by atoms with Crippen LogP contribution in [0.5, 0.6) is 0 Å². The van der Waals surface area contributed by atoms with Gasteiger partial charge in [-0.25, -0.2) is 0 Å². The van der Waals surface area contributed by atoms with E-state index in [1.54, 1.807) is 18.2 Å². The Bertz CT molecular complexity index is 952. The average Bonchev–Trinajstić information content (AvgIpc) is 3.00. The molecule has 2 N–H and O–H groups in total. The summed E-state index contributed by atoms with van der Waals surface area (Å²) in [7, 11) is 0. The number of carbonyl (C=O) groups is 3. The predicted molar refractivity (Wildman–Crippen MR) is 106 cm³/mol.